The Bertz CT molecular complexity index is 1750. The van der Waals surface area contributed by atoms with Crippen LogP contribution in [0.15, 0.2) is 107 Å². The molecule has 168 valence electrons. The van der Waals surface area contributed by atoms with Gasteiger partial charge < -0.3 is 8.98 Å². The number of hydrogen-bond donors (Lipinski definition) is 0. The molecule has 0 saturated carbocycles. The highest BCUT2D eigenvalue weighted by Gasteiger charge is 2.25. The molecule has 0 radical (unpaired) electrons. The first-order valence-electron chi connectivity index (χ1n) is 11.3. The molecule has 7 rings (SSSR count). The zero-order valence-corrected chi connectivity index (χ0v) is 19.4. The highest BCUT2D eigenvalue weighted by atomic mass is 32.1. The first kappa shape index (κ1) is 19.9. The molecule has 0 bridgehead atoms. The Morgan fingerprint density at radius 3 is 2.31 bits per heavy atom. The van der Waals surface area contributed by atoms with Crippen molar-refractivity contribution in [2.45, 2.75) is 6.54 Å². The number of benzene rings is 2. The molecule has 7 heteroatoms. The van der Waals surface area contributed by atoms with Crippen molar-refractivity contribution >= 4 is 28.0 Å². The van der Waals surface area contributed by atoms with Crippen LogP contribution in [-0.4, -0.2) is 24.1 Å². The van der Waals surface area contributed by atoms with Crippen molar-refractivity contribution in [3.63, 3.8) is 0 Å². The van der Waals surface area contributed by atoms with E-state index in [-0.39, 0.29) is 0 Å². The Kier molecular flexibility index (Phi) is 4.60. The summed E-state index contributed by atoms with van der Waals surface area (Å²) >= 11 is 1.63. The molecule has 0 aliphatic heterocycles. The van der Waals surface area contributed by atoms with Crippen LogP contribution in [0.5, 0.6) is 0 Å². The Morgan fingerprint density at radius 2 is 1.60 bits per heavy atom. The van der Waals surface area contributed by atoms with Gasteiger partial charge in [-0.25, -0.2) is 14.5 Å². The Hall–Kier alpha value is -4.49. The summed E-state index contributed by atoms with van der Waals surface area (Å²) in [5.41, 5.74) is 5.99. The third-order valence-electron chi connectivity index (χ3n) is 6.13. The molecular formula is C28H19N5OS. The molecule has 35 heavy (non-hydrogen) atoms. The van der Waals surface area contributed by atoms with Crippen LogP contribution in [0.3, 0.4) is 0 Å². The van der Waals surface area contributed by atoms with Crippen LogP contribution in [-0.2, 0) is 6.54 Å². The molecule has 0 saturated heterocycles. The van der Waals surface area contributed by atoms with Crippen molar-refractivity contribution < 1.29 is 4.42 Å². The van der Waals surface area contributed by atoms with E-state index in [1.54, 1.807) is 28.4 Å². The molecule has 0 aliphatic rings. The number of rotatable bonds is 5. The maximum absolute atomic E-state index is 5.75. The first-order chi connectivity index (χ1) is 17.4. The summed E-state index contributed by atoms with van der Waals surface area (Å²) in [6.07, 6.45) is 3.46. The fourth-order valence-corrected chi connectivity index (χ4v) is 5.29. The van der Waals surface area contributed by atoms with Gasteiger partial charge in [-0.05, 0) is 34.7 Å². The molecule has 6 nitrogen and oxygen atoms in total. The number of furan rings is 1. The van der Waals surface area contributed by atoms with Crippen LogP contribution >= 0.6 is 11.3 Å². The maximum atomic E-state index is 5.75. The largest absolute Gasteiger partial charge is 0.467 e. The van der Waals surface area contributed by atoms with Gasteiger partial charge in [-0.15, -0.1) is 16.4 Å². The summed E-state index contributed by atoms with van der Waals surface area (Å²) in [6.45, 7) is 0.551. The third kappa shape index (κ3) is 3.28. The fraction of sp³-hybridized carbons (Fsp3) is 0.0357. The second kappa shape index (κ2) is 8.07. The van der Waals surface area contributed by atoms with Gasteiger partial charge in [0.15, 0.2) is 11.5 Å². The SMILES string of the molecule is c1ccc(-c2c(-c3ccccc3)n(Cc3ccco3)c3ncn4nc(-c5cccs5)nc4c23)cc1. The van der Waals surface area contributed by atoms with Crippen molar-refractivity contribution in [3.05, 3.63) is 109 Å². The standard InChI is InChI=1S/C28H19N5OS/c1-3-9-19(10-4-1)23-24-27(29-18-33-28(24)30-26(31-33)22-14-8-16-35-22)32(17-21-13-7-15-34-21)25(23)20-11-5-2-6-12-20/h1-16,18H,17H2. The molecule has 5 aromatic heterocycles. The lowest BCUT2D eigenvalue weighted by Gasteiger charge is -2.11. The van der Waals surface area contributed by atoms with Crippen molar-refractivity contribution in [1.82, 2.24) is 24.1 Å². The van der Waals surface area contributed by atoms with E-state index < -0.39 is 0 Å². The number of fused-ring (bicyclic) bond motifs is 3. The highest BCUT2D eigenvalue weighted by Crippen LogP contribution is 2.42. The molecule has 0 N–H and O–H groups in total. The van der Waals surface area contributed by atoms with Gasteiger partial charge in [-0.1, -0.05) is 66.7 Å². The average molecular weight is 474 g/mol. The minimum absolute atomic E-state index is 0.551. The van der Waals surface area contributed by atoms with Crippen LogP contribution < -0.4 is 0 Å². The summed E-state index contributed by atoms with van der Waals surface area (Å²) in [4.78, 5) is 10.9. The lowest BCUT2D eigenvalue weighted by atomic mass is 9.99. The Morgan fingerprint density at radius 1 is 0.800 bits per heavy atom. The fourth-order valence-electron chi connectivity index (χ4n) is 4.64. The Balaban J connectivity index is 1.62. The minimum atomic E-state index is 0.551. The van der Waals surface area contributed by atoms with E-state index in [2.05, 4.69) is 53.1 Å². The average Bonchev–Trinajstić information content (AvgIpc) is 3.71. The van der Waals surface area contributed by atoms with E-state index in [1.165, 1.54) is 0 Å². The monoisotopic (exact) mass is 473 g/mol. The van der Waals surface area contributed by atoms with E-state index in [0.717, 1.165) is 49.7 Å². The van der Waals surface area contributed by atoms with E-state index in [1.807, 2.05) is 41.8 Å². The van der Waals surface area contributed by atoms with Crippen LogP contribution in [0.2, 0.25) is 0 Å². The lowest BCUT2D eigenvalue weighted by Crippen LogP contribution is -2.03. The number of hydrogen-bond acceptors (Lipinski definition) is 5. The molecule has 5 heterocycles. The van der Waals surface area contributed by atoms with Crippen LogP contribution in [0.25, 0.3) is 49.8 Å². The highest BCUT2D eigenvalue weighted by molar-refractivity contribution is 7.13. The summed E-state index contributed by atoms with van der Waals surface area (Å²) in [7, 11) is 0. The summed E-state index contributed by atoms with van der Waals surface area (Å²) < 4.78 is 9.77. The molecule has 2 aromatic carbocycles. The zero-order chi connectivity index (χ0) is 23.2. The number of thiophene rings is 1. The van der Waals surface area contributed by atoms with Crippen molar-refractivity contribution in [2.24, 2.45) is 0 Å². The van der Waals surface area contributed by atoms with Crippen molar-refractivity contribution in [1.29, 1.82) is 0 Å². The molecule has 0 spiro atoms. The van der Waals surface area contributed by atoms with Gasteiger partial charge in [0.25, 0.3) is 0 Å². The second-order valence-electron chi connectivity index (χ2n) is 8.25. The van der Waals surface area contributed by atoms with Crippen LogP contribution in [0.1, 0.15) is 5.76 Å². The van der Waals surface area contributed by atoms with Gasteiger partial charge in [-0.2, -0.15) is 0 Å². The van der Waals surface area contributed by atoms with Gasteiger partial charge in [0.05, 0.1) is 28.8 Å². The maximum Gasteiger partial charge on any atom is 0.192 e. The minimum Gasteiger partial charge on any atom is -0.467 e. The summed E-state index contributed by atoms with van der Waals surface area (Å²) in [5.74, 6) is 1.56. The molecule has 7 aromatic rings. The van der Waals surface area contributed by atoms with Crippen molar-refractivity contribution in [3.8, 4) is 33.1 Å². The first-order valence-corrected chi connectivity index (χ1v) is 12.2. The second-order valence-corrected chi connectivity index (χ2v) is 9.19. The predicted octanol–water partition coefficient (Wildman–Crippen LogP) is 6.78. The molecular weight excluding hydrogens is 454 g/mol. The van der Waals surface area contributed by atoms with Gasteiger partial charge in [0.2, 0.25) is 0 Å². The van der Waals surface area contributed by atoms with E-state index in [9.17, 15) is 0 Å². The predicted molar refractivity (Wildman–Crippen MR) is 138 cm³/mol. The molecule has 0 amide bonds. The summed E-state index contributed by atoms with van der Waals surface area (Å²) in [5, 5.41) is 7.76. The van der Waals surface area contributed by atoms with Crippen molar-refractivity contribution in [2.75, 3.05) is 0 Å². The van der Waals surface area contributed by atoms with Crippen LogP contribution in [0, 0.1) is 0 Å². The molecule has 0 unspecified atom stereocenters. The van der Waals surface area contributed by atoms with E-state index in [0.29, 0.717) is 12.4 Å². The number of aromatic nitrogens is 5. The van der Waals surface area contributed by atoms with Gasteiger partial charge in [-0.3, -0.25) is 0 Å². The number of nitrogens with zero attached hydrogens (tertiary/aromatic N) is 5. The molecule has 0 atom stereocenters. The van der Waals surface area contributed by atoms with E-state index in [4.69, 9.17) is 19.5 Å². The molecule has 0 fully saturated rings. The smallest absolute Gasteiger partial charge is 0.192 e. The Labute approximate surface area is 204 Å². The quantitative estimate of drug-likeness (QED) is 0.276. The van der Waals surface area contributed by atoms with E-state index >= 15 is 0 Å². The molecule has 0 aliphatic carbocycles. The van der Waals surface area contributed by atoms with Gasteiger partial charge in [0.1, 0.15) is 17.7 Å². The van der Waals surface area contributed by atoms with Crippen LogP contribution in [0.4, 0.5) is 0 Å². The lowest BCUT2D eigenvalue weighted by molar-refractivity contribution is 0.497. The topological polar surface area (TPSA) is 61.2 Å². The normalized spacial score (nSPS) is 11.5. The van der Waals surface area contributed by atoms with Gasteiger partial charge in [0, 0.05) is 5.56 Å². The zero-order valence-electron chi connectivity index (χ0n) is 18.6. The third-order valence-corrected chi connectivity index (χ3v) is 6.99. The van der Waals surface area contributed by atoms with Gasteiger partial charge >= 0.3 is 0 Å². The summed E-state index contributed by atoms with van der Waals surface area (Å²) in [6, 6.07) is 28.8.